The number of halogens is 6. The lowest BCUT2D eigenvalue weighted by atomic mass is 9.93. The van der Waals surface area contributed by atoms with Gasteiger partial charge in [-0.3, -0.25) is 9.78 Å². The van der Waals surface area contributed by atoms with Gasteiger partial charge in [-0.2, -0.15) is 26.3 Å². The Kier molecular flexibility index (Phi) is 5.69. The lowest BCUT2D eigenvalue weighted by molar-refractivity contribution is -0.143. The number of nitrogens with zero attached hydrogens (tertiary/aromatic N) is 2. The van der Waals surface area contributed by atoms with E-state index in [-0.39, 0.29) is 23.3 Å². The van der Waals surface area contributed by atoms with Crippen molar-refractivity contribution in [2.24, 2.45) is 0 Å². The summed E-state index contributed by atoms with van der Waals surface area (Å²) in [4.78, 5) is 19.4. The second-order valence-corrected chi connectivity index (χ2v) is 6.21. The fourth-order valence-electron chi connectivity index (χ4n) is 3.11. The minimum absolute atomic E-state index is 0.0410. The largest absolute Gasteiger partial charge is 0.466 e. The third-order valence-electron chi connectivity index (χ3n) is 4.24. The molecule has 0 aliphatic heterocycles. The SMILES string of the molecule is CCOC(=O)Cc1c(-c2ccccn2)c(C(F)(F)F)nc2c(C(F)(F)F)cccc12. The number of ether oxygens (including phenoxy) is 1. The molecule has 3 aromatic rings. The standard InChI is InChI=1S/C20H14F6N2O2/c1-2-30-15(29)10-12-11-6-5-7-13(19(21,22)23)17(11)28-18(20(24,25)26)16(12)14-8-3-4-9-27-14/h3-9H,2,10H2,1H3. The zero-order valence-corrected chi connectivity index (χ0v) is 15.4. The molecule has 4 nitrogen and oxygen atoms in total. The third-order valence-corrected chi connectivity index (χ3v) is 4.24. The van der Waals surface area contributed by atoms with Crippen molar-refractivity contribution in [2.45, 2.75) is 25.7 Å². The molecule has 0 radical (unpaired) electrons. The van der Waals surface area contributed by atoms with E-state index >= 15 is 0 Å². The summed E-state index contributed by atoms with van der Waals surface area (Å²) in [6.07, 6.45) is -9.48. The van der Waals surface area contributed by atoms with Crippen LogP contribution in [0.2, 0.25) is 0 Å². The Morgan fingerprint density at radius 1 is 1.00 bits per heavy atom. The molecule has 0 N–H and O–H groups in total. The van der Waals surface area contributed by atoms with Crippen molar-refractivity contribution in [2.75, 3.05) is 6.61 Å². The highest BCUT2D eigenvalue weighted by Crippen LogP contribution is 2.43. The molecule has 0 bridgehead atoms. The summed E-state index contributed by atoms with van der Waals surface area (Å²) < 4.78 is 86.8. The molecule has 3 rings (SSSR count). The summed E-state index contributed by atoms with van der Waals surface area (Å²) >= 11 is 0. The van der Waals surface area contributed by atoms with Gasteiger partial charge in [0, 0.05) is 17.1 Å². The van der Waals surface area contributed by atoms with Gasteiger partial charge < -0.3 is 4.74 Å². The molecule has 158 valence electrons. The summed E-state index contributed by atoms with van der Waals surface area (Å²) in [6, 6.07) is 7.05. The maximum absolute atomic E-state index is 13.9. The maximum atomic E-state index is 13.9. The molecule has 0 spiro atoms. The van der Waals surface area contributed by atoms with Gasteiger partial charge in [0.25, 0.3) is 0 Å². The minimum atomic E-state index is -5.09. The predicted octanol–water partition coefficient (Wildman–Crippen LogP) is 5.44. The first-order chi connectivity index (χ1) is 14.0. The molecule has 0 saturated carbocycles. The number of hydrogen-bond acceptors (Lipinski definition) is 4. The Balaban J connectivity index is 2.48. The van der Waals surface area contributed by atoms with Gasteiger partial charge in [-0.25, -0.2) is 4.98 Å². The second kappa shape index (κ2) is 7.92. The molecule has 2 heterocycles. The van der Waals surface area contributed by atoms with E-state index in [9.17, 15) is 31.1 Å². The summed E-state index contributed by atoms with van der Waals surface area (Å²) in [5.74, 6) is -0.882. The van der Waals surface area contributed by atoms with Crippen LogP contribution in [0.3, 0.4) is 0 Å². The van der Waals surface area contributed by atoms with Gasteiger partial charge in [0.2, 0.25) is 0 Å². The molecule has 0 aliphatic rings. The van der Waals surface area contributed by atoms with Crippen LogP contribution < -0.4 is 0 Å². The van der Waals surface area contributed by atoms with E-state index in [4.69, 9.17) is 4.74 Å². The Hall–Kier alpha value is -3.17. The number of alkyl halides is 6. The normalized spacial score (nSPS) is 12.2. The predicted molar refractivity (Wildman–Crippen MR) is 95.3 cm³/mol. The summed E-state index contributed by atoms with van der Waals surface area (Å²) in [7, 11) is 0. The third kappa shape index (κ3) is 4.22. The number of carbonyl (C=O) groups excluding carboxylic acids is 1. The van der Waals surface area contributed by atoms with Crippen molar-refractivity contribution < 1.29 is 35.9 Å². The number of para-hydroxylation sites is 1. The average molecular weight is 428 g/mol. The Morgan fingerprint density at radius 3 is 2.30 bits per heavy atom. The van der Waals surface area contributed by atoms with Crippen LogP contribution in [0.4, 0.5) is 26.3 Å². The lowest BCUT2D eigenvalue weighted by Crippen LogP contribution is -2.17. The number of pyridine rings is 2. The van der Waals surface area contributed by atoms with Crippen LogP contribution in [0.25, 0.3) is 22.2 Å². The highest BCUT2D eigenvalue weighted by atomic mass is 19.4. The first-order valence-corrected chi connectivity index (χ1v) is 8.71. The number of esters is 1. The van der Waals surface area contributed by atoms with Gasteiger partial charge in [0.05, 0.1) is 29.8 Å². The lowest BCUT2D eigenvalue weighted by Gasteiger charge is -2.20. The Morgan fingerprint density at radius 2 is 1.73 bits per heavy atom. The van der Waals surface area contributed by atoms with Crippen LogP contribution in [0.1, 0.15) is 23.7 Å². The molecule has 0 aliphatic carbocycles. The number of carbonyl (C=O) groups is 1. The smallest absolute Gasteiger partial charge is 0.434 e. The molecule has 0 atom stereocenters. The molecule has 2 aromatic heterocycles. The summed E-state index contributed by atoms with van der Waals surface area (Å²) in [5.41, 5.74) is -4.78. The van der Waals surface area contributed by atoms with E-state index in [0.717, 1.165) is 6.07 Å². The van der Waals surface area contributed by atoms with Crippen LogP contribution in [-0.2, 0) is 28.3 Å². The van der Waals surface area contributed by atoms with Crippen LogP contribution >= 0.6 is 0 Å². The molecule has 0 fully saturated rings. The topological polar surface area (TPSA) is 52.1 Å². The highest BCUT2D eigenvalue weighted by Gasteiger charge is 2.41. The van der Waals surface area contributed by atoms with Crippen molar-refractivity contribution in [1.29, 1.82) is 0 Å². The minimum Gasteiger partial charge on any atom is -0.466 e. The first kappa shape index (κ1) is 21.5. The highest BCUT2D eigenvalue weighted by molar-refractivity contribution is 5.94. The first-order valence-electron chi connectivity index (χ1n) is 8.71. The maximum Gasteiger partial charge on any atom is 0.434 e. The van der Waals surface area contributed by atoms with E-state index in [1.54, 1.807) is 0 Å². The van der Waals surface area contributed by atoms with E-state index in [1.807, 2.05) is 0 Å². The summed E-state index contributed by atoms with van der Waals surface area (Å²) in [6.45, 7) is 1.46. The zero-order valence-electron chi connectivity index (χ0n) is 15.4. The fourth-order valence-corrected chi connectivity index (χ4v) is 3.11. The van der Waals surface area contributed by atoms with Crippen molar-refractivity contribution in [3.8, 4) is 11.3 Å². The van der Waals surface area contributed by atoms with Gasteiger partial charge >= 0.3 is 18.3 Å². The van der Waals surface area contributed by atoms with Gasteiger partial charge in [-0.15, -0.1) is 0 Å². The average Bonchev–Trinajstić information content (AvgIpc) is 2.66. The van der Waals surface area contributed by atoms with E-state index in [0.29, 0.717) is 6.07 Å². The molecular formula is C20H14F6N2O2. The fraction of sp³-hybridized carbons (Fsp3) is 0.250. The molecule has 0 unspecified atom stereocenters. The molecule has 0 amide bonds. The zero-order chi connectivity index (χ0) is 22.1. The van der Waals surface area contributed by atoms with Crippen molar-refractivity contribution in [1.82, 2.24) is 9.97 Å². The summed E-state index contributed by atoms with van der Waals surface area (Å²) in [5, 5.41) is -0.230. The molecule has 0 saturated heterocycles. The number of aromatic nitrogens is 2. The second-order valence-electron chi connectivity index (χ2n) is 6.21. The van der Waals surface area contributed by atoms with Crippen molar-refractivity contribution >= 4 is 16.9 Å². The van der Waals surface area contributed by atoms with Crippen molar-refractivity contribution in [3.63, 3.8) is 0 Å². The number of hydrogen-bond donors (Lipinski definition) is 0. The monoisotopic (exact) mass is 428 g/mol. The molecule has 1 aromatic carbocycles. The molecular weight excluding hydrogens is 414 g/mol. The molecule has 10 heteroatoms. The van der Waals surface area contributed by atoms with E-state index in [2.05, 4.69) is 9.97 Å². The number of benzene rings is 1. The number of rotatable bonds is 4. The quantitative estimate of drug-likeness (QED) is 0.410. The van der Waals surface area contributed by atoms with Gasteiger partial charge in [-0.1, -0.05) is 18.2 Å². The van der Waals surface area contributed by atoms with Gasteiger partial charge in [0.1, 0.15) is 0 Å². The van der Waals surface area contributed by atoms with Crippen molar-refractivity contribution in [3.05, 3.63) is 59.4 Å². The van der Waals surface area contributed by atoms with Crippen LogP contribution in [0.5, 0.6) is 0 Å². The van der Waals surface area contributed by atoms with Crippen LogP contribution in [0, 0.1) is 0 Å². The van der Waals surface area contributed by atoms with Gasteiger partial charge in [-0.05, 0) is 30.7 Å². The molecule has 30 heavy (non-hydrogen) atoms. The Labute approximate surface area is 166 Å². The Bertz CT molecular complexity index is 1080. The number of fused-ring (bicyclic) bond motifs is 1. The van der Waals surface area contributed by atoms with Crippen LogP contribution in [-0.4, -0.2) is 22.5 Å². The van der Waals surface area contributed by atoms with Crippen LogP contribution in [0.15, 0.2) is 42.6 Å². The van der Waals surface area contributed by atoms with Gasteiger partial charge in [0.15, 0.2) is 5.69 Å². The van der Waals surface area contributed by atoms with E-state index < -0.39 is 47.1 Å². The van der Waals surface area contributed by atoms with E-state index in [1.165, 1.54) is 37.4 Å².